The first-order valence-corrected chi connectivity index (χ1v) is 10.6. The molecule has 1 saturated heterocycles. The van der Waals surface area contributed by atoms with E-state index >= 15 is 0 Å². The lowest BCUT2D eigenvalue weighted by molar-refractivity contribution is -0.137. The smallest absolute Gasteiger partial charge is 0.399 e. The molecule has 0 bridgehead atoms. The Kier molecular flexibility index (Phi) is 5.01. The number of benzene rings is 2. The number of hydrogen-bond acceptors (Lipinski definition) is 4. The topological polar surface area (TPSA) is 62.6 Å². The fourth-order valence-corrected chi connectivity index (χ4v) is 4.14. The fraction of sp³-hybridized carbons (Fsp3) is 0.417. The first-order valence-electron chi connectivity index (χ1n) is 10.6. The van der Waals surface area contributed by atoms with Crippen LogP contribution < -0.4 is 10.4 Å². The van der Waals surface area contributed by atoms with Gasteiger partial charge in [0.15, 0.2) is 0 Å². The van der Waals surface area contributed by atoms with Crippen LogP contribution in [0.4, 0.5) is 24.5 Å². The molecule has 9 heteroatoms. The molecule has 0 aliphatic carbocycles. The van der Waals surface area contributed by atoms with Crippen molar-refractivity contribution in [2.24, 2.45) is 0 Å². The molecule has 0 atom stereocenters. The minimum absolute atomic E-state index is 0.0570. The van der Waals surface area contributed by atoms with Crippen molar-refractivity contribution in [2.45, 2.75) is 64.3 Å². The summed E-state index contributed by atoms with van der Waals surface area (Å²) in [5, 5.41) is 9.08. The second kappa shape index (κ2) is 7.08. The molecule has 172 valence electrons. The average molecular weight is 456 g/mol. The summed E-state index contributed by atoms with van der Waals surface area (Å²) in [7, 11) is -0.632. The Morgan fingerprint density at radius 1 is 0.970 bits per heavy atom. The van der Waals surface area contributed by atoms with Crippen LogP contribution in [0.25, 0.3) is 0 Å². The number of nitrogens with zero attached hydrogens (tertiary/aromatic N) is 2. The zero-order valence-electron chi connectivity index (χ0n) is 19.3. The van der Waals surface area contributed by atoms with Gasteiger partial charge in [0.25, 0.3) is 0 Å². The van der Waals surface area contributed by atoms with E-state index in [-0.39, 0.29) is 11.6 Å². The second-order valence-electron chi connectivity index (χ2n) is 9.97. The number of hydrogen-bond donors (Lipinski definition) is 0. The Balaban J connectivity index is 1.80. The van der Waals surface area contributed by atoms with Crippen LogP contribution >= 0.6 is 0 Å². The minimum Gasteiger partial charge on any atom is -0.399 e. The van der Waals surface area contributed by atoms with Gasteiger partial charge in [-0.3, -0.25) is 9.69 Å². The molecule has 2 aromatic rings. The number of carbonyl (C=O) groups is 1. The fourth-order valence-electron chi connectivity index (χ4n) is 4.14. The molecule has 1 fully saturated rings. The largest absolute Gasteiger partial charge is 0.494 e. The maximum absolute atomic E-state index is 13.5. The number of fused-ring (bicyclic) bond motifs is 1. The molecule has 1 amide bonds. The Hall–Kier alpha value is -2.83. The van der Waals surface area contributed by atoms with Gasteiger partial charge in [-0.2, -0.15) is 18.4 Å². The summed E-state index contributed by atoms with van der Waals surface area (Å²) in [6, 6.07) is 10.2. The van der Waals surface area contributed by atoms with Gasteiger partial charge in [0.2, 0.25) is 5.91 Å². The molecule has 2 aromatic carbocycles. The van der Waals surface area contributed by atoms with Crippen LogP contribution in [0, 0.1) is 11.3 Å². The number of rotatable bonds is 2. The Morgan fingerprint density at radius 3 is 2.12 bits per heavy atom. The zero-order valence-corrected chi connectivity index (χ0v) is 19.3. The van der Waals surface area contributed by atoms with Crippen LogP contribution in [0.5, 0.6) is 0 Å². The van der Waals surface area contributed by atoms with Crippen molar-refractivity contribution in [1.29, 1.82) is 5.26 Å². The van der Waals surface area contributed by atoms with Crippen LogP contribution in [0.2, 0.25) is 0 Å². The molecule has 2 aliphatic heterocycles. The lowest BCUT2D eigenvalue weighted by Gasteiger charge is -2.32. The van der Waals surface area contributed by atoms with Crippen molar-refractivity contribution in [3.05, 3.63) is 53.1 Å². The number of amides is 1. The molecule has 5 nitrogen and oxygen atoms in total. The van der Waals surface area contributed by atoms with Crippen molar-refractivity contribution >= 4 is 29.9 Å². The number of halogens is 3. The first-order chi connectivity index (χ1) is 15.1. The zero-order chi connectivity index (χ0) is 24.6. The van der Waals surface area contributed by atoms with Gasteiger partial charge in [0.05, 0.1) is 39.5 Å². The molecule has 0 spiro atoms. The average Bonchev–Trinajstić information content (AvgIpc) is 3.05. The van der Waals surface area contributed by atoms with Crippen LogP contribution in [-0.2, 0) is 25.7 Å². The highest BCUT2D eigenvalue weighted by Gasteiger charge is 2.53. The van der Waals surface area contributed by atoms with Gasteiger partial charge in [-0.1, -0.05) is 12.1 Å². The van der Waals surface area contributed by atoms with Crippen LogP contribution in [-0.4, -0.2) is 24.2 Å². The predicted octanol–water partition coefficient (Wildman–Crippen LogP) is 4.83. The summed E-state index contributed by atoms with van der Waals surface area (Å²) < 4.78 is 52.8. The molecule has 0 unspecified atom stereocenters. The highest BCUT2D eigenvalue weighted by molar-refractivity contribution is 6.62. The molecule has 0 saturated carbocycles. The first kappa shape index (κ1) is 23.3. The summed E-state index contributed by atoms with van der Waals surface area (Å²) in [5.74, 6) is -0.360. The van der Waals surface area contributed by atoms with E-state index in [1.54, 1.807) is 32.0 Å². The van der Waals surface area contributed by atoms with E-state index in [9.17, 15) is 18.0 Å². The molecule has 0 aromatic heterocycles. The van der Waals surface area contributed by atoms with Crippen molar-refractivity contribution < 1.29 is 27.3 Å². The standard InChI is InChI=1S/C24H24BF3N2O3/c1-21(2)18-11-15(25-32-22(3,4)23(5,6)33-25)8-10-19(18)30(20(21)31)16-9-7-14(13-29)17(12-16)24(26,27)28/h7-12H,1-6H3. The monoisotopic (exact) mass is 456 g/mol. The summed E-state index contributed by atoms with van der Waals surface area (Å²) >= 11 is 0. The van der Waals surface area contributed by atoms with Gasteiger partial charge in [-0.25, -0.2) is 0 Å². The van der Waals surface area contributed by atoms with Gasteiger partial charge >= 0.3 is 13.3 Å². The maximum atomic E-state index is 13.5. The van der Waals surface area contributed by atoms with E-state index in [0.717, 1.165) is 17.6 Å². The lowest BCUT2D eigenvalue weighted by atomic mass is 9.75. The Bertz CT molecular complexity index is 1180. The number of nitriles is 1. The van der Waals surface area contributed by atoms with E-state index < -0.39 is 41.0 Å². The number of alkyl halides is 3. The van der Waals surface area contributed by atoms with E-state index in [2.05, 4.69) is 0 Å². The third kappa shape index (κ3) is 3.53. The summed E-state index contributed by atoms with van der Waals surface area (Å²) in [4.78, 5) is 14.6. The Morgan fingerprint density at radius 2 is 1.58 bits per heavy atom. The quantitative estimate of drug-likeness (QED) is 0.608. The van der Waals surface area contributed by atoms with Gasteiger partial charge in [-0.15, -0.1) is 0 Å². The van der Waals surface area contributed by atoms with Gasteiger partial charge < -0.3 is 9.31 Å². The Labute approximate surface area is 191 Å². The van der Waals surface area contributed by atoms with E-state index in [1.807, 2.05) is 33.8 Å². The third-order valence-corrected chi connectivity index (χ3v) is 6.89. The van der Waals surface area contributed by atoms with Gasteiger partial charge in [0, 0.05) is 5.69 Å². The molecular formula is C24H24BF3N2O3. The number of anilines is 2. The lowest BCUT2D eigenvalue weighted by Crippen LogP contribution is -2.41. The summed E-state index contributed by atoms with van der Waals surface area (Å²) in [5.41, 5.74) is -1.69. The molecule has 33 heavy (non-hydrogen) atoms. The van der Waals surface area contributed by atoms with Crippen LogP contribution in [0.1, 0.15) is 58.2 Å². The normalized spacial score (nSPS) is 20.7. The van der Waals surface area contributed by atoms with Crippen LogP contribution in [0.15, 0.2) is 36.4 Å². The SMILES string of the molecule is CC1(C)C(=O)N(c2ccc(C#N)c(C(F)(F)F)c2)c2ccc(B3OC(C)(C)C(C)(C)O3)cc21. The van der Waals surface area contributed by atoms with Crippen molar-refractivity contribution in [3.63, 3.8) is 0 Å². The van der Waals surface area contributed by atoms with Gasteiger partial charge in [-0.05, 0) is 76.8 Å². The van der Waals surface area contributed by atoms with Crippen molar-refractivity contribution in [2.75, 3.05) is 4.90 Å². The van der Waals surface area contributed by atoms with E-state index in [0.29, 0.717) is 11.3 Å². The molecule has 0 radical (unpaired) electrons. The van der Waals surface area contributed by atoms with Crippen molar-refractivity contribution in [3.8, 4) is 6.07 Å². The van der Waals surface area contributed by atoms with Gasteiger partial charge in [0.1, 0.15) is 0 Å². The van der Waals surface area contributed by atoms with E-state index in [4.69, 9.17) is 14.6 Å². The highest BCUT2D eigenvalue weighted by Crippen LogP contribution is 2.46. The van der Waals surface area contributed by atoms with Crippen LogP contribution in [0.3, 0.4) is 0 Å². The molecule has 4 rings (SSSR count). The third-order valence-electron chi connectivity index (χ3n) is 6.89. The number of carbonyl (C=O) groups excluding carboxylic acids is 1. The molecule has 0 N–H and O–H groups in total. The summed E-state index contributed by atoms with van der Waals surface area (Å²) in [6.45, 7) is 11.2. The molecular weight excluding hydrogens is 432 g/mol. The van der Waals surface area contributed by atoms with Crippen molar-refractivity contribution in [1.82, 2.24) is 0 Å². The molecule has 2 aliphatic rings. The highest BCUT2D eigenvalue weighted by atomic mass is 19.4. The maximum Gasteiger partial charge on any atom is 0.494 e. The molecule has 2 heterocycles. The minimum atomic E-state index is -4.72. The predicted molar refractivity (Wildman–Crippen MR) is 118 cm³/mol. The van der Waals surface area contributed by atoms with E-state index in [1.165, 1.54) is 11.0 Å². The second-order valence-corrected chi connectivity index (χ2v) is 9.97. The summed E-state index contributed by atoms with van der Waals surface area (Å²) in [6.07, 6.45) is -4.72.